The van der Waals surface area contributed by atoms with Gasteiger partial charge in [-0.1, -0.05) is 18.2 Å². The lowest BCUT2D eigenvalue weighted by Gasteiger charge is -2.20. The highest BCUT2D eigenvalue weighted by molar-refractivity contribution is 7.17. The Hall–Kier alpha value is -1.88. The lowest BCUT2D eigenvalue weighted by atomic mass is 10.1. The summed E-state index contributed by atoms with van der Waals surface area (Å²) in [7, 11) is 3.57. The van der Waals surface area contributed by atoms with Gasteiger partial charge < -0.3 is 9.80 Å². The molecule has 0 radical (unpaired) electrons. The summed E-state index contributed by atoms with van der Waals surface area (Å²) in [6.45, 7) is 1.13. The van der Waals surface area contributed by atoms with Crippen molar-refractivity contribution in [2.45, 2.75) is 13.0 Å². The highest BCUT2D eigenvalue weighted by Gasteiger charge is 2.33. The van der Waals surface area contributed by atoms with E-state index < -0.39 is 0 Å². The van der Waals surface area contributed by atoms with Gasteiger partial charge in [-0.05, 0) is 22.4 Å². The van der Waals surface area contributed by atoms with E-state index in [4.69, 9.17) is 0 Å². The number of thiophene rings is 1. The molecule has 0 saturated carbocycles. The van der Waals surface area contributed by atoms with Gasteiger partial charge in [0.1, 0.15) is 0 Å². The van der Waals surface area contributed by atoms with Crippen LogP contribution in [0.15, 0.2) is 29.6 Å². The lowest BCUT2D eigenvalue weighted by Crippen LogP contribution is -2.33. The van der Waals surface area contributed by atoms with Crippen LogP contribution in [0.2, 0.25) is 0 Å². The maximum absolute atomic E-state index is 12.4. The molecular formula is C16H18N2O2S. The van der Waals surface area contributed by atoms with Crippen molar-refractivity contribution in [2.75, 3.05) is 20.6 Å². The Kier molecular flexibility index (Phi) is 3.68. The summed E-state index contributed by atoms with van der Waals surface area (Å²) in [5, 5.41) is 3.32. The van der Waals surface area contributed by atoms with Crippen LogP contribution in [0.25, 0.3) is 10.1 Å². The topological polar surface area (TPSA) is 40.6 Å². The van der Waals surface area contributed by atoms with E-state index in [9.17, 15) is 9.59 Å². The maximum atomic E-state index is 12.4. The zero-order valence-corrected chi connectivity index (χ0v) is 13.0. The molecule has 4 nitrogen and oxygen atoms in total. The van der Waals surface area contributed by atoms with Gasteiger partial charge in [0.05, 0.1) is 5.92 Å². The summed E-state index contributed by atoms with van der Waals surface area (Å²) >= 11 is 1.70. The molecule has 1 fully saturated rings. The zero-order valence-electron chi connectivity index (χ0n) is 12.2. The number of benzene rings is 1. The van der Waals surface area contributed by atoms with Crippen LogP contribution in [-0.2, 0) is 16.1 Å². The van der Waals surface area contributed by atoms with Crippen LogP contribution in [0, 0.1) is 5.92 Å². The third-order valence-corrected chi connectivity index (χ3v) is 5.05. The Bertz CT molecular complexity index is 694. The molecule has 1 aromatic heterocycles. The summed E-state index contributed by atoms with van der Waals surface area (Å²) in [6, 6.07) is 8.23. The molecule has 1 atom stereocenters. The van der Waals surface area contributed by atoms with Crippen LogP contribution in [0.5, 0.6) is 0 Å². The minimum Gasteiger partial charge on any atom is -0.345 e. The van der Waals surface area contributed by atoms with Crippen LogP contribution >= 0.6 is 11.3 Å². The number of amides is 2. The van der Waals surface area contributed by atoms with Crippen molar-refractivity contribution in [3.05, 3.63) is 35.2 Å². The lowest BCUT2D eigenvalue weighted by molar-refractivity contribution is -0.135. The van der Waals surface area contributed by atoms with Gasteiger partial charge in [-0.3, -0.25) is 9.59 Å². The smallest absolute Gasteiger partial charge is 0.228 e. The fraction of sp³-hybridized carbons (Fsp3) is 0.375. The minimum absolute atomic E-state index is 0.0581. The van der Waals surface area contributed by atoms with Crippen LogP contribution in [-0.4, -0.2) is 42.3 Å². The van der Waals surface area contributed by atoms with E-state index in [1.807, 2.05) is 19.2 Å². The Morgan fingerprint density at radius 2 is 2.19 bits per heavy atom. The van der Waals surface area contributed by atoms with E-state index in [1.54, 1.807) is 28.2 Å². The van der Waals surface area contributed by atoms with Gasteiger partial charge in [0.15, 0.2) is 0 Å². The number of hydrogen-bond acceptors (Lipinski definition) is 3. The fourth-order valence-electron chi connectivity index (χ4n) is 2.83. The second-order valence-electron chi connectivity index (χ2n) is 5.63. The summed E-state index contributed by atoms with van der Waals surface area (Å²) in [5.41, 5.74) is 1.17. The van der Waals surface area contributed by atoms with Gasteiger partial charge in [0.2, 0.25) is 11.8 Å². The van der Waals surface area contributed by atoms with E-state index in [1.165, 1.54) is 15.6 Å². The average Bonchev–Trinajstić information content (AvgIpc) is 3.03. The summed E-state index contributed by atoms with van der Waals surface area (Å²) < 4.78 is 1.24. The summed E-state index contributed by atoms with van der Waals surface area (Å²) in [5.74, 6) is -0.0804. The number of fused-ring (bicyclic) bond motifs is 1. The Balaban J connectivity index is 1.73. The number of nitrogens with zero attached hydrogens (tertiary/aromatic N) is 2. The number of rotatable bonds is 3. The molecule has 0 spiro atoms. The van der Waals surface area contributed by atoms with Crippen molar-refractivity contribution < 1.29 is 9.59 Å². The average molecular weight is 302 g/mol. The van der Waals surface area contributed by atoms with E-state index in [0.717, 1.165) is 0 Å². The largest absolute Gasteiger partial charge is 0.345 e. The van der Waals surface area contributed by atoms with Crippen molar-refractivity contribution in [1.29, 1.82) is 0 Å². The maximum Gasteiger partial charge on any atom is 0.228 e. The molecular weight excluding hydrogens is 284 g/mol. The van der Waals surface area contributed by atoms with Crippen LogP contribution in [0.3, 0.4) is 0 Å². The zero-order chi connectivity index (χ0) is 15.0. The minimum atomic E-state index is -0.197. The highest BCUT2D eigenvalue weighted by Crippen LogP contribution is 2.27. The van der Waals surface area contributed by atoms with Gasteiger partial charge in [-0.15, -0.1) is 11.3 Å². The first-order chi connectivity index (χ1) is 10.1. The molecule has 21 heavy (non-hydrogen) atoms. The number of carbonyl (C=O) groups excluding carboxylic acids is 2. The fourth-order valence-corrected chi connectivity index (χ4v) is 3.78. The van der Waals surface area contributed by atoms with Gasteiger partial charge in [0.25, 0.3) is 0 Å². The van der Waals surface area contributed by atoms with Gasteiger partial charge in [0, 0.05) is 38.3 Å². The molecule has 0 aliphatic carbocycles. The number of carbonyl (C=O) groups is 2. The predicted octanol–water partition coefficient (Wildman–Crippen LogP) is 2.34. The molecule has 110 valence electrons. The van der Waals surface area contributed by atoms with E-state index in [-0.39, 0.29) is 17.7 Å². The normalized spacial score (nSPS) is 18.5. The van der Waals surface area contributed by atoms with E-state index in [0.29, 0.717) is 19.5 Å². The molecule has 1 aliphatic heterocycles. The molecule has 1 aliphatic rings. The van der Waals surface area contributed by atoms with Crippen LogP contribution < -0.4 is 0 Å². The Morgan fingerprint density at radius 1 is 1.43 bits per heavy atom. The van der Waals surface area contributed by atoms with Crippen molar-refractivity contribution in [3.63, 3.8) is 0 Å². The molecule has 1 saturated heterocycles. The molecule has 2 amide bonds. The van der Waals surface area contributed by atoms with Gasteiger partial charge >= 0.3 is 0 Å². The van der Waals surface area contributed by atoms with Crippen molar-refractivity contribution in [1.82, 2.24) is 9.80 Å². The van der Waals surface area contributed by atoms with E-state index in [2.05, 4.69) is 17.5 Å². The van der Waals surface area contributed by atoms with E-state index >= 15 is 0 Å². The van der Waals surface area contributed by atoms with Gasteiger partial charge in [-0.2, -0.15) is 0 Å². The monoisotopic (exact) mass is 302 g/mol. The summed E-state index contributed by atoms with van der Waals surface area (Å²) in [6.07, 6.45) is 0.337. The number of likely N-dealkylation sites (tertiary alicyclic amines) is 1. The van der Waals surface area contributed by atoms with Crippen LogP contribution in [0.1, 0.15) is 12.0 Å². The molecule has 1 aromatic carbocycles. The molecule has 3 rings (SSSR count). The quantitative estimate of drug-likeness (QED) is 0.873. The first-order valence-electron chi connectivity index (χ1n) is 7.00. The standard InChI is InChI=1S/C16H18N2O2S/c1-17-8-11(7-15(17)19)16(20)18(2)9-12-10-21-14-6-4-3-5-13(12)14/h3-6,10-11H,7-9H2,1-2H3/t11-/m0/s1. The van der Waals surface area contributed by atoms with Crippen molar-refractivity contribution in [3.8, 4) is 0 Å². The SMILES string of the molecule is CN1C[C@@H](C(=O)N(C)Cc2csc3ccccc23)CC1=O. The number of hydrogen-bond donors (Lipinski definition) is 0. The van der Waals surface area contributed by atoms with Gasteiger partial charge in [-0.25, -0.2) is 0 Å². The molecule has 2 aromatic rings. The Labute approximate surface area is 128 Å². The first kappa shape index (κ1) is 14.1. The van der Waals surface area contributed by atoms with Crippen molar-refractivity contribution in [2.24, 2.45) is 5.92 Å². The Morgan fingerprint density at radius 3 is 2.90 bits per heavy atom. The molecule has 5 heteroatoms. The van der Waals surface area contributed by atoms with Crippen molar-refractivity contribution >= 4 is 33.2 Å². The second kappa shape index (κ2) is 5.48. The third-order valence-electron chi connectivity index (χ3n) is 4.04. The molecule has 0 bridgehead atoms. The summed E-state index contributed by atoms with van der Waals surface area (Å²) in [4.78, 5) is 27.4. The molecule has 0 unspecified atom stereocenters. The molecule has 0 N–H and O–H groups in total. The second-order valence-corrected chi connectivity index (χ2v) is 6.54. The van der Waals surface area contributed by atoms with Crippen LogP contribution in [0.4, 0.5) is 0 Å². The molecule has 2 heterocycles. The third kappa shape index (κ3) is 2.65. The first-order valence-corrected chi connectivity index (χ1v) is 7.88. The predicted molar refractivity (Wildman–Crippen MR) is 84.0 cm³/mol. The highest BCUT2D eigenvalue weighted by atomic mass is 32.1.